The normalized spacial score (nSPS) is 23.6. The van der Waals surface area contributed by atoms with E-state index < -0.39 is 0 Å². The molecular formula is C32H45N3. The van der Waals surface area contributed by atoms with Crippen molar-refractivity contribution >= 4 is 12.4 Å². The summed E-state index contributed by atoms with van der Waals surface area (Å²) in [7, 11) is 1.83. The summed E-state index contributed by atoms with van der Waals surface area (Å²) < 4.78 is 0. The molecule has 0 N–H and O–H groups in total. The highest BCUT2D eigenvalue weighted by molar-refractivity contribution is 5.87. The van der Waals surface area contributed by atoms with Crippen LogP contribution in [0.25, 0.3) is 0 Å². The monoisotopic (exact) mass is 471 g/mol. The number of hydrogen-bond acceptors (Lipinski definition) is 3. The topological polar surface area (TPSA) is 28.0 Å². The van der Waals surface area contributed by atoms with E-state index in [-0.39, 0.29) is 0 Å². The van der Waals surface area contributed by atoms with Gasteiger partial charge in [0.05, 0.1) is 0 Å². The van der Waals surface area contributed by atoms with Crippen molar-refractivity contribution in [3.63, 3.8) is 0 Å². The third kappa shape index (κ3) is 8.19. The largest absolute Gasteiger partial charge is 0.374 e. The number of hydrogen-bond donors (Lipinski definition) is 0. The molecule has 0 saturated carbocycles. The minimum Gasteiger partial charge on any atom is -0.374 e. The van der Waals surface area contributed by atoms with Crippen molar-refractivity contribution in [1.82, 2.24) is 4.90 Å². The van der Waals surface area contributed by atoms with Crippen LogP contribution in [0.3, 0.4) is 0 Å². The molecule has 0 radical (unpaired) electrons. The summed E-state index contributed by atoms with van der Waals surface area (Å²) in [6.45, 7) is 17.4. The summed E-state index contributed by atoms with van der Waals surface area (Å²) in [4.78, 5) is 11.3. The lowest BCUT2D eigenvalue weighted by molar-refractivity contribution is 0.164. The van der Waals surface area contributed by atoms with Gasteiger partial charge in [0.1, 0.15) is 0 Å². The zero-order chi connectivity index (χ0) is 25.2. The molecule has 0 aromatic carbocycles. The molecule has 2 unspecified atom stereocenters. The van der Waals surface area contributed by atoms with Crippen LogP contribution in [-0.2, 0) is 0 Å². The molecule has 3 rings (SSSR count). The second-order valence-corrected chi connectivity index (χ2v) is 10.7. The molecular weight excluding hydrogens is 426 g/mol. The highest BCUT2D eigenvalue weighted by Gasteiger charge is 2.27. The molecule has 0 aromatic rings. The molecule has 2 atom stereocenters. The Morgan fingerprint density at radius 2 is 2.03 bits per heavy atom. The predicted octanol–water partition coefficient (Wildman–Crippen LogP) is 7.88. The molecule has 0 bridgehead atoms. The first kappa shape index (κ1) is 26.9. The molecule has 0 amide bonds. The van der Waals surface area contributed by atoms with E-state index >= 15 is 0 Å². The van der Waals surface area contributed by atoms with Crippen LogP contribution >= 0.6 is 0 Å². The van der Waals surface area contributed by atoms with Gasteiger partial charge < -0.3 is 4.90 Å². The summed E-state index contributed by atoms with van der Waals surface area (Å²) in [5, 5.41) is 0. The molecule has 188 valence electrons. The lowest BCUT2D eigenvalue weighted by Gasteiger charge is -2.42. The lowest BCUT2D eigenvalue weighted by atomic mass is 9.81. The highest BCUT2D eigenvalue weighted by Crippen LogP contribution is 2.32. The van der Waals surface area contributed by atoms with Crippen LogP contribution in [0, 0.1) is 23.7 Å². The van der Waals surface area contributed by atoms with Crippen LogP contribution in [0.15, 0.2) is 93.8 Å². The summed E-state index contributed by atoms with van der Waals surface area (Å²) in [6, 6.07) is 0. The van der Waals surface area contributed by atoms with E-state index in [1.165, 1.54) is 23.3 Å². The first-order valence-electron chi connectivity index (χ1n) is 13.4. The Bertz CT molecular complexity index is 961. The van der Waals surface area contributed by atoms with Crippen molar-refractivity contribution in [3.05, 3.63) is 83.8 Å². The summed E-state index contributed by atoms with van der Waals surface area (Å²) in [5.41, 5.74) is 6.22. The number of nitrogens with zero attached hydrogens (tertiary/aromatic N) is 3. The predicted molar refractivity (Wildman–Crippen MR) is 154 cm³/mol. The average Bonchev–Trinajstić information content (AvgIpc) is 3.02. The number of allylic oxidation sites excluding steroid dienone is 10. The Kier molecular flexibility index (Phi) is 10.3. The Morgan fingerprint density at radius 1 is 1.23 bits per heavy atom. The Morgan fingerprint density at radius 3 is 2.69 bits per heavy atom. The molecule has 1 aliphatic heterocycles. The zero-order valence-corrected chi connectivity index (χ0v) is 22.4. The van der Waals surface area contributed by atoms with Crippen molar-refractivity contribution < 1.29 is 0 Å². The van der Waals surface area contributed by atoms with Crippen molar-refractivity contribution in [2.24, 2.45) is 33.7 Å². The fraction of sp³-hybridized carbons (Fsp3) is 0.500. The van der Waals surface area contributed by atoms with Crippen LogP contribution in [-0.4, -0.2) is 37.5 Å². The smallest absolute Gasteiger partial charge is 0.0358 e. The minimum atomic E-state index is 0.462. The lowest BCUT2D eigenvalue weighted by Crippen LogP contribution is -2.45. The second-order valence-electron chi connectivity index (χ2n) is 10.7. The fourth-order valence-electron chi connectivity index (χ4n) is 4.95. The van der Waals surface area contributed by atoms with Crippen molar-refractivity contribution in [1.29, 1.82) is 0 Å². The highest BCUT2D eigenvalue weighted by atomic mass is 15.2. The molecule has 3 nitrogen and oxygen atoms in total. The maximum Gasteiger partial charge on any atom is 0.0358 e. The molecule has 0 aromatic heterocycles. The maximum atomic E-state index is 4.65. The van der Waals surface area contributed by atoms with Crippen LogP contribution in [0.2, 0.25) is 0 Å². The van der Waals surface area contributed by atoms with Crippen molar-refractivity contribution in [3.8, 4) is 0 Å². The summed E-state index contributed by atoms with van der Waals surface area (Å²) >= 11 is 0. The van der Waals surface area contributed by atoms with Crippen LogP contribution in [0.1, 0.15) is 59.3 Å². The molecule has 0 spiro atoms. The van der Waals surface area contributed by atoms with Crippen LogP contribution < -0.4 is 0 Å². The molecule has 1 heterocycles. The summed E-state index contributed by atoms with van der Waals surface area (Å²) in [5.74, 6) is 2.66. The van der Waals surface area contributed by atoms with Crippen molar-refractivity contribution in [2.75, 3.05) is 20.1 Å². The van der Waals surface area contributed by atoms with E-state index in [0.717, 1.165) is 68.2 Å². The third-order valence-corrected chi connectivity index (χ3v) is 7.68. The second kappa shape index (κ2) is 13.4. The molecule has 3 heteroatoms. The fourth-order valence-corrected chi connectivity index (χ4v) is 4.95. The van der Waals surface area contributed by atoms with E-state index in [9.17, 15) is 0 Å². The van der Waals surface area contributed by atoms with Gasteiger partial charge in [0.15, 0.2) is 0 Å². The van der Waals surface area contributed by atoms with Gasteiger partial charge in [-0.2, -0.15) is 0 Å². The van der Waals surface area contributed by atoms with Crippen LogP contribution in [0.4, 0.5) is 0 Å². The molecule has 1 fully saturated rings. The zero-order valence-electron chi connectivity index (χ0n) is 22.4. The minimum absolute atomic E-state index is 0.462. The Hall–Kier alpha value is -2.68. The number of aliphatic imine (C=N–C) groups is 2. The summed E-state index contributed by atoms with van der Waals surface area (Å²) in [6.07, 6.45) is 26.3. The third-order valence-electron chi connectivity index (χ3n) is 7.68. The van der Waals surface area contributed by atoms with Gasteiger partial charge in [0.2, 0.25) is 0 Å². The van der Waals surface area contributed by atoms with E-state index in [1.54, 1.807) is 0 Å². The van der Waals surface area contributed by atoms with Gasteiger partial charge in [-0.25, -0.2) is 0 Å². The van der Waals surface area contributed by atoms with E-state index in [1.807, 2.05) is 25.7 Å². The van der Waals surface area contributed by atoms with Crippen molar-refractivity contribution in [2.45, 2.75) is 59.3 Å². The van der Waals surface area contributed by atoms with Gasteiger partial charge >= 0.3 is 0 Å². The molecule has 3 aliphatic rings. The van der Waals surface area contributed by atoms with Gasteiger partial charge in [-0.15, -0.1) is 0 Å². The number of likely N-dealkylation sites (tertiary alicyclic amines) is 1. The standard InChI is InChI=1S/C32H45N3/c1-24(2)29-15-17-30(18-16-29)31(20-33-6)21-34-19-28-12-8-11-27(13-14-28)10-7-9-26(5)35-22-32(23-35)25(3)4/h8,11-14,17,19-21,24,27,29,32H,3,5,7,9-10,15-16,18,22-23H2,1-2,4,6H3/b31-21+,33-20?,34-19?. The van der Waals surface area contributed by atoms with Gasteiger partial charge in [-0.3, -0.25) is 9.98 Å². The maximum absolute atomic E-state index is 4.65. The van der Waals surface area contributed by atoms with Gasteiger partial charge in [0, 0.05) is 56.0 Å². The van der Waals surface area contributed by atoms with Crippen LogP contribution in [0.5, 0.6) is 0 Å². The molecule has 35 heavy (non-hydrogen) atoms. The van der Waals surface area contributed by atoms with E-state index in [0.29, 0.717) is 11.8 Å². The number of rotatable bonds is 11. The quantitative estimate of drug-likeness (QED) is 0.222. The molecule has 2 aliphatic carbocycles. The van der Waals surface area contributed by atoms with Gasteiger partial charge in [-0.05, 0) is 74.3 Å². The van der Waals surface area contributed by atoms with E-state index in [4.69, 9.17) is 0 Å². The van der Waals surface area contributed by atoms with Gasteiger partial charge in [0.25, 0.3) is 0 Å². The SMILES string of the molecule is C=C(C)C1CN(C(=C)CCCC2C=CC=C(C=N/C=C(\C=NC)C3=CCC(C(C)C)CC3)C=C2)C1. The average molecular weight is 472 g/mol. The Labute approximate surface area is 214 Å². The first-order chi connectivity index (χ1) is 16.9. The van der Waals surface area contributed by atoms with E-state index in [2.05, 4.69) is 85.3 Å². The Balaban J connectivity index is 1.47. The van der Waals surface area contributed by atoms with Gasteiger partial charge in [-0.1, -0.05) is 69.0 Å². The first-order valence-corrected chi connectivity index (χ1v) is 13.4. The molecule has 1 saturated heterocycles.